The number of benzene rings is 1. The smallest absolute Gasteiger partial charge is 0.228 e. The quantitative estimate of drug-likeness (QED) is 0.807. The van der Waals surface area contributed by atoms with Crippen molar-refractivity contribution in [2.75, 3.05) is 17.3 Å². The van der Waals surface area contributed by atoms with Gasteiger partial charge in [-0.2, -0.15) is 0 Å². The van der Waals surface area contributed by atoms with Crippen LogP contribution in [0.3, 0.4) is 0 Å². The van der Waals surface area contributed by atoms with E-state index >= 15 is 0 Å². The van der Waals surface area contributed by atoms with Crippen LogP contribution in [-0.4, -0.2) is 19.0 Å². The molecule has 1 aliphatic heterocycles. The summed E-state index contributed by atoms with van der Waals surface area (Å²) in [5, 5.41) is 3.42. The van der Waals surface area contributed by atoms with Crippen molar-refractivity contribution in [1.29, 1.82) is 0 Å². The minimum atomic E-state index is 0.178. The molecule has 0 aromatic heterocycles. The molecule has 2 rings (SSSR count). The Hall–Kier alpha value is -1.51. The Morgan fingerprint density at radius 2 is 2.12 bits per heavy atom. The molecule has 1 amide bonds. The van der Waals surface area contributed by atoms with E-state index in [9.17, 15) is 4.79 Å². The molecule has 1 N–H and O–H groups in total. The molecule has 1 aliphatic rings. The number of nitrogens with zero attached hydrogens (tertiary/aromatic N) is 1. The van der Waals surface area contributed by atoms with Gasteiger partial charge in [0, 0.05) is 19.5 Å². The molecule has 1 aromatic carbocycles. The summed E-state index contributed by atoms with van der Waals surface area (Å²) >= 11 is 0. The van der Waals surface area contributed by atoms with E-state index in [-0.39, 0.29) is 11.9 Å². The van der Waals surface area contributed by atoms with Gasteiger partial charge in [0.2, 0.25) is 5.91 Å². The van der Waals surface area contributed by atoms with Gasteiger partial charge in [0.05, 0.1) is 11.4 Å². The Labute approximate surface area is 103 Å². The Bertz CT molecular complexity index is 440. The first-order chi connectivity index (χ1) is 8.00. The van der Waals surface area contributed by atoms with Crippen molar-refractivity contribution in [1.82, 2.24) is 0 Å². The first kappa shape index (κ1) is 12.0. The highest BCUT2D eigenvalue weighted by Crippen LogP contribution is 2.36. The number of hydrogen-bond donors (Lipinski definition) is 1. The third kappa shape index (κ3) is 2.14. The van der Waals surface area contributed by atoms with Crippen LogP contribution in [0.2, 0.25) is 0 Å². The fourth-order valence-corrected chi connectivity index (χ4v) is 2.36. The molecule has 0 fully saturated rings. The van der Waals surface area contributed by atoms with Gasteiger partial charge in [0.25, 0.3) is 0 Å². The Morgan fingerprint density at radius 1 is 1.41 bits per heavy atom. The van der Waals surface area contributed by atoms with Crippen molar-refractivity contribution in [2.45, 2.75) is 39.2 Å². The van der Waals surface area contributed by atoms with Crippen LogP contribution in [0.25, 0.3) is 0 Å². The molecule has 1 unspecified atom stereocenters. The van der Waals surface area contributed by atoms with Crippen molar-refractivity contribution >= 4 is 17.3 Å². The van der Waals surface area contributed by atoms with E-state index in [4.69, 9.17) is 0 Å². The van der Waals surface area contributed by atoms with Gasteiger partial charge >= 0.3 is 0 Å². The summed E-state index contributed by atoms with van der Waals surface area (Å²) in [6.07, 6.45) is 0.544. The van der Waals surface area contributed by atoms with E-state index in [0.717, 1.165) is 11.4 Å². The van der Waals surface area contributed by atoms with Gasteiger partial charge < -0.3 is 10.2 Å². The molecule has 0 radical (unpaired) electrons. The summed E-state index contributed by atoms with van der Waals surface area (Å²) in [5.41, 5.74) is 3.33. The number of nitrogens with one attached hydrogen (secondary N) is 1. The zero-order valence-corrected chi connectivity index (χ0v) is 10.9. The summed E-state index contributed by atoms with van der Waals surface area (Å²) in [7, 11) is 1.87. The average Bonchev–Trinajstić information content (AvgIpc) is 2.36. The lowest BCUT2D eigenvalue weighted by molar-refractivity contribution is -0.118. The normalized spacial score (nSPS) is 19.9. The van der Waals surface area contributed by atoms with Crippen molar-refractivity contribution < 1.29 is 4.79 Å². The molecule has 0 spiro atoms. The molecule has 0 aliphatic carbocycles. The first-order valence-corrected chi connectivity index (χ1v) is 6.16. The lowest BCUT2D eigenvalue weighted by Crippen LogP contribution is -2.28. The molecule has 17 heavy (non-hydrogen) atoms. The van der Waals surface area contributed by atoms with Gasteiger partial charge in [-0.15, -0.1) is 0 Å². The zero-order valence-electron chi connectivity index (χ0n) is 10.9. The number of para-hydroxylation sites is 1. The maximum Gasteiger partial charge on any atom is 0.228 e. The standard InChI is InChI=1S/C14H20N2O/c1-9(2)11-6-5-7-12-14(11)16(4)13(17)8-10(3)15-12/h5-7,9-10,15H,8H2,1-4H3. The van der Waals surface area contributed by atoms with Crippen molar-refractivity contribution in [2.24, 2.45) is 0 Å². The number of hydrogen-bond acceptors (Lipinski definition) is 2. The summed E-state index contributed by atoms with van der Waals surface area (Å²) in [5.74, 6) is 0.590. The number of carbonyl (C=O) groups excluding carboxylic acids is 1. The number of amides is 1. The van der Waals surface area contributed by atoms with Crippen LogP contribution >= 0.6 is 0 Å². The number of carbonyl (C=O) groups is 1. The Morgan fingerprint density at radius 3 is 2.76 bits per heavy atom. The second kappa shape index (κ2) is 4.40. The van der Waals surface area contributed by atoms with Gasteiger partial charge in [-0.1, -0.05) is 26.0 Å². The summed E-state index contributed by atoms with van der Waals surface area (Å²) in [4.78, 5) is 13.8. The van der Waals surface area contributed by atoms with Gasteiger partial charge in [-0.25, -0.2) is 0 Å². The Kier molecular flexibility index (Phi) is 3.09. The van der Waals surface area contributed by atoms with Crippen LogP contribution < -0.4 is 10.2 Å². The van der Waals surface area contributed by atoms with Gasteiger partial charge in [-0.3, -0.25) is 4.79 Å². The highest BCUT2D eigenvalue weighted by Gasteiger charge is 2.25. The van der Waals surface area contributed by atoms with E-state index in [1.54, 1.807) is 4.90 Å². The SMILES string of the molecule is CC1CC(=O)N(C)c2c(cccc2C(C)C)N1. The maximum atomic E-state index is 12.0. The fourth-order valence-electron chi connectivity index (χ4n) is 2.36. The highest BCUT2D eigenvalue weighted by molar-refractivity contribution is 5.99. The van der Waals surface area contributed by atoms with E-state index < -0.39 is 0 Å². The second-order valence-corrected chi connectivity index (χ2v) is 5.10. The summed E-state index contributed by atoms with van der Waals surface area (Å²) in [6, 6.07) is 6.39. The minimum Gasteiger partial charge on any atom is -0.380 e. The minimum absolute atomic E-state index is 0.178. The van der Waals surface area contributed by atoms with Gasteiger partial charge in [0.15, 0.2) is 0 Å². The maximum absolute atomic E-state index is 12.0. The lowest BCUT2D eigenvalue weighted by atomic mass is 9.99. The average molecular weight is 232 g/mol. The van der Waals surface area contributed by atoms with Crippen molar-refractivity contribution in [3.63, 3.8) is 0 Å². The predicted molar refractivity (Wildman–Crippen MR) is 71.6 cm³/mol. The number of anilines is 2. The first-order valence-electron chi connectivity index (χ1n) is 6.16. The molecule has 0 bridgehead atoms. The predicted octanol–water partition coefficient (Wildman–Crippen LogP) is 2.98. The molecule has 1 aromatic rings. The summed E-state index contributed by atoms with van der Waals surface area (Å²) < 4.78 is 0. The van der Waals surface area contributed by atoms with Crippen LogP contribution in [0, 0.1) is 0 Å². The van der Waals surface area contributed by atoms with E-state index in [2.05, 4.69) is 31.3 Å². The fraction of sp³-hybridized carbons (Fsp3) is 0.500. The summed E-state index contributed by atoms with van der Waals surface area (Å²) in [6.45, 7) is 6.35. The van der Waals surface area contributed by atoms with Crippen LogP contribution in [-0.2, 0) is 4.79 Å². The molecule has 1 heterocycles. The van der Waals surface area contributed by atoms with E-state index in [1.165, 1.54) is 5.56 Å². The lowest BCUT2D eigenvalue weighted by Gasteiger charge is -2.22. The molecule has 92 valence electrons. The monoisotopic (exact) mass is 232 g/mol. The van der Waals surface area contributed by atoms with Crippen LogP contribution in [0.15, 0.2) is 18.2 Å². The highest BCUT2D eigenvalue weighted by atomic mass is 16.2. The van der Waals surface area contributed by atoms with Gasteiger partial charge in [-0.05, 0) is 24.5 Å². The number of fused-ring (bicyclic) bond motifs is 1. The van der Waals surface area contributed by atoms with Crippen LogP contribution in [0.4, 0.5) is 11.4 Å². The van der Waals surface area contributed by atoms with Crippen LogP contribution in [0.5, 0.6) is 0 Å². The molecule has 0 saturated heterocycles. The second-order valence-electron chi connectivity index (χ2n) is 5.10. The molecular weight excluding hydrogens is 212 g/mol. The molecule has 3 nitrogen and oxygen atoms in total. The molecular formula is C14H20N2O. The molecule has 1 atom stereocenters. The van der Waals surface area contributed by atoms with Crippen molar-refractivity contribution in [3.8, 4) is 0 Å². The molecule has 3 heteroatoms. The third-order valence-electron chi connectivity index (χ3n) is 3.28. The number of rotatable bonds is 1. The third-order valence-corrected chi connectivity index (χ3v) is 3.28. The zero-order chi connectivity index (χ0) is 12.6. The topological polar surface area (TPSA) is 32.3 Å². The van der Waals surface area contributed by atoms with Crippen molar-refractivity contribution in [3.05, 3.63) is 23.8 Å². The largest absolute Gasteiger partial charge is 0.380 e. The van der Waals surface area contributed by atoms with E-state index in [0.29, 0.717) is 12.3 Å². The van der Waals surface area contributed by atoms with Crippen LogP contribution in [0.1, 0.15) is 38.7 Å². The Balaban J connectivity index is 2.58. The molecule has 0 saturated carbocycles. The van der Waals surface area contributed by atoms with E-state index in [1.807, 2.05) is 20.0 Å². The van der Waals surface area contributed by atoms with Gasteiger partial charge in [0.1, 0.15) is 0 Å².